The number of morpholine rings is 1. The van der Waals surface area contributed by atoms with E-state index in [4.69, 9.17) is 16.3 Å². The molecule has 178 valence electrons. The highest BCUT2D eigenvalue weighted by Crippen LogP contribution is 2.63. The first-order valence-electron chi connectivity index (χ1n) is 11.7. The van der Waals surface area contributed by atoms with Crippen molar-refractivity contribution < 1.29 is 14.3 Å². The number of pyridine rings is 1. The second-order valence-corrected chi connectivity index (χ2v) is 11.6. The lowest BCUT2D eigenvalue weighted by atomic mass is 10.1. The number of ether oxygens (including phenoxy) is 1. The SMILES string of the molecule is Cc1c(Cl)cc(-c2ccnc3cc(CN4C(=O)C5C(C4=O)C5(C)C)sc23)n1CC1CNCCO1. The minimum Gasteiger partial charge on any atom is -0.374 e. The fourth-order valence-electron chi connectivity index (χ4n) is 5.59. The third kappa shape index (κ3) is 3.34. The van der Waals surface area contributed by atoms with Crippen molar-refractivity contribution in [2.45, 2.75) is 40.0 Å². The number of carbonyl (C=O) groups excluding carboxylic acids is 2. The van der Waals surface area contributed by atoms with E-state index in [1.165, 1.54) is 4.90 Å². The molecule has 34 heavy (non-hydrogen) atoms. The number of hydrogen-bond donors (Lipinski definition) is 1. The number of thiophene rings is 1. The lowest BCUT2D eigenvalue weighted by Gasteiger charge is -2.25. The van der Waals surface area contributed by atoms with Gasteiger partial charge < -0.3 is 14.6 Å². The maximum Gasteiger partial charge on any atom is 0.234 e. The number of nitrogens with one attached hydrogen (secondary N) is 1. The zero-order valence-electron chi connectivity index (χ0n) is 19.4. The van der Waals surface area contributed by atoms with Gasteiger partial charge in [0, 0.05) is 35.4 Å². The summed E-state index contributed by atoms with van der Waals surface area (Å²) in [5.74, 6) is -0.396. The number of imide groups is 1. The number of fused-ring (bicyclic) bond motifs is 2. The lowest BCUT2D eigenvalue weighted by Crippen LogP contribution is -2.40. The second-order valence-electron chi connectivity index (χ2n) is 10.1. The molecule has 1 N–H and O–H groups in total. The van der Waals surface area contributed by atoms with Crippen LogP contribution in [0.5, 0.6) is 0 Å². The fraction of sp³-hybridized carbons (Fsp3) is 0.480. The summed E-state index contributed by atoms with van der Waals surface area (Å²) >= 11 is 8.16. The minimum atomic E-state index is -0.195. The molecule has 3 aliphatic rings. The quantitative estimate of drug-likeness (QED) is 0.541. The molecule has 3 aromatic heterocycles. The Balaban J connectivity index is 1.33. The summed E-state index contributed by atoms with van der Waals surface area (Å²) in [5.41, 5.74) is 3.73. The van der Waals surface area contributed by atoms with E-state index in [0.29, 0.717) is 19.7 Å². The summed E-state index contributed by atoms with van der Waals surface area (Å²) in [6.45, 7) is 9.43. The van der Waals surface area contributed by atoms with E-state index in [0.717, 1.165) is 50.2 Å². The number of nitrogens with zero attached hydrogens (tertiary/aromatic N) is 3. The largest absolute Gasteiger partial charge is 0.374 e. The van der Waals surface area contributed by atoms with Gasteiger partial charge in [0.05, 0.1) is 58.6 Å². The topological polar surface area (TPSA) is 76.5 Å². The summed E-state index contributed by atoms with van der Waals surface area (Å²) in [5, 5.41) is 4.11. The lowest BCUT2D eigenvalue weighted by molar-refractivity contribution is -0.143. The molecule has 3 unspecified atom stereocenters. The molecule has 0 aromatic carbocycles. The molecule has 3 atom stereocenters. The normalized spacial score (nSPS) is 25.9. The maximum absolute atomic E-state index is 12.8. The maximum atomic E-state index is 12.8. The van der Waals surface area contributed by atoms with Gasteiger partial charge in [0.25, 0.3) is 0 Å². The van der Waals surface area contributed by atoms with E-state index in [9.17, 15) is 9.59 Å². The first-order valence-corrected chi connectivity index (χ1v) is 12.9. The monoisotopic (exact) mass is 498 g/mol. The predicted octanol–water partition coefficient (Wildman–Crippen LogP) is 3.86. The Hall–Kier alpha value is -2.26. The number of halogens is 1. The molecule has 2 aliphatic heterocycles. The number of rotatable bonds is 5. The van der Waals surface area contributed by atoms with Crippen LogP contribution in [-0.2, 0) is 27.4 Å². The van der Waals surface area contributed by atoms with E-state index in [-0.39, 0.29) is 35.2 Å². The van der Waals surface area contributed by atoms with Gasteiger partial charge in [-0.1, -0.05) is 25.4 Å². The van der Waals surface area contributed by atoms with Gasteiger partial charge in [-0.05, 0) is 30.5 Å². The first-order chi connectivity index (χ1) is 16.3. The van der Waals surface area contributed by atoms with Gasteiger partial charge in [0.1, 0.15) is 0 Å². The van der Waals surface area contributed by atoms with Crippen molar-refractivity contribution in [2.75, 3.05) is 19.7 Å². The summed E-state index contributed by atoms with van der Waals surface area (Å²) < 4.78 is 9.19. The Morgan fingerprint density at radius 1 is 1.26 bits per heavy atom. The van der Waals surface area contributed by atoms with Crippen LogP contribution < -0.4 is 5.32 Å². The average molecular weight is 499 g/mol. The molecule has 9 heteroatoms. The van der Waals surface area contributed by atoms with Crippen LogP contribution in [-0.4, -0.2) is 52.1 Å². The molecule has 0 radical (unpaired) electrons. The minimum absolute atomic E-state index is 0.0389. The summed E-state index contributed by atoms with van der Waals surface area (Å²) in [6, 6.07) is 6.01. The average Bonchev–Trinajstić information content (AvgIpc) is 3.08. The zero-order valence-corrected chi connectivity index (χ0v) is 21.0. The van der Waals surface area contributed by atoms with Gasteiger partial charge in [0.2, 0.25) is 11.8 Å². The van der Waals surface area contributed by atoms with Crippen molar-refractivity contribution in [3.8, 4) is 11.3 Å². The van der Waals surface area contributed by atoms with E-state index in [1.54, 1.807) is 17.5 Å². The Labute approximate surface area is 207 Å². The molecule has 0 bridgehead atoms. The molecule has 2 saturated heterocycles. The van der Waals surface area contributed by atoms with Crippen LogP contribution in [0.2, 0.25) is 5.02 Å². The van der Waals surface area contributed by atoms with Crippen LogP contribution >= 0.6 is 22.9 Å². The number of amides is 2. The van der Waals surface area contributed by atoms with Gasteiger partial charge in [-0.25, -0.2) is 0 Å². The number of hydrogen-bond acceptors (Lipinski definition) is 6. The van der Waals surface area contributed by atoms with Gasteiger partial charge in [0.15, 0.2) is 0 Å². The molecule has 3 fully saturated rings. The first kappa shape index (κ1) is 22.2. The van der Waals surface area contributed by atoms with Crippen molar-refractivity contribution in [3.63, 3.8) is 0 Å². The van der Waals surface area contributed by atoms with Crippen LogP contribution in [0.1, 0.15) is 24.4 Å². The van der Waals surface area contributed by atoms with Crippen molar-refractivity contribution >= 4 is 45.0 Å². The van der Waals surface area contributed by atoms with Crippen molar-refractivity contribution in [3.05, 3.63) is 40.0 Å². The molecule has 5 heterocycles. The Bertz CT molecular complexity index is 1300. The van der Waals surface area contributed by atoms with E-state index < -0.39 is 0 Å². The summed E-state index contributed by atoms with van der Waals surface area (Å²) in [4.78, 5) is 32.6. The number of carbonyl (C=O) groups is 2. The molecule has 1 saturated carbocycles. The van der Waals surface area contributed by atoms with Crippen molar-refractivity contribution in [1.29, 1.82) is 0 Å². The molecular formula is C25H27ClN4O3S. The summed E-state index contributed by atoms with van der Waals surface area (Å²) in [7, 11) is 0. The van der Waals surface area contributed by atoms with Gasteiger partial charge >= 0.3 is 0 Å². The molecule has 1 aliphatic carbocycles. The Morgan fingerprint density at radius 2 is 2.03 bits per heavy atom. The third-order valence-electron chi connectivity index (χ3n) is 7.64. The highest BCUT2D eigenvalue weighted by Gasteiger charge is 2.72. The van der Waals surface area contributed by atoms with Gasteiger partial charge in [-0.2, -0.15) is 0 Å². The Kier molecular flexibility index (Phi) is 5.15. The zero-order chi connectivity index (χ0) is 23.8. The predicted molar refractivity (Wildman–Crippen MR) is 132 cm³/mol. The molecular weight excluding hydrogens is 472 g/mol. The van der Waals surface area contributed by atoms with Gasteiger partial charge in [-0.15, -0.1) is 11.3 Å². The second kappa shape index (κ2) is 7.88. The highest BCUT2D eigenvalue weighted by atomic mass is 35.5. The van der Waals surface area contributed by atoms with E-state index in [2.05, 4.69) is 14.9 Å². The molecule has 3 aromatic rings. The van der Waals surface area contributed by atoms with Crippen molar-refractivity contribution in [2.24, 2.45) is 17.3 Å². The number of aromatic nitrogens is 2. The third-order valence-corrected chi connectivity index (χ3v) is 9.16. The highest BCUT2D eigenvalue weighted by molar-refractivity contribution is 7.19. The van der Waals surface area contributed by atoms with Crippen molar-refractivity contribution in [1.82, 2.24) is 19.8 Å². The molecule has 7 nitrogen and oxygen atoms in total. The van der Waals surface area contributed by atoms with E-state index >= 15 is 0 Å². The molecule has 6 rings (SSSR count). The van der Waals surface area contributed by atoms with Crippen LogP contribution in [0.4, 0.5) is 0 Å². The van der Waals surface area contributed by atoms with E-state index in [1.807, 2.05) is 39.0 Å². The van der Waals surface area contributed by atoms with Crippen LogP contribution in [0.15, 0.2) is 24.4 Å². The van der Waals surface area contributed by atoms with Crippen LogP contribution in [0.3, 0.4) is 0 Å². The Morgan fingerprint density at radius 3 is 2.74 bits per heavy atom. The van der Waals surface area contributed by atoms with Gasteiger partial charge in [-0.3, -0.25) is 19.5 Å². The fourth-order valence-corrected chi connectivity index (χ4v) is 6.92. The molecule has 2 amide bonds. The number of piperidine rings is 1. The summed E-state index contributed by atoms with van der Waals surface area (Å²) in [6.07, 6.45) is 1.88. The molecule has 0 spiro atoms. The smallest absolute Gasteiger partial charge is 0.234 e. The number of likely N-dealkylation sites (tertiary alicyclic amines) is 1. The standard InChI is InChI=1S/C25H27ClN4O3S/c1-13-17(26)9-19(29(13)11-14-10-27-6-7-33-14)16-4-5-28-18-8-15(34-22(16)18)12-30-23(31)20-21(24(30)32)25(20,2)3/h4-5,8-9,14,20-21,27H,6-7,10-12H2,1-3H3. The van der Waals surface area contributed by atoms with Crippen LogP contribution in [0.25, 0.3) is 21.5 Å². The van der Waals surface area contributed by atoms with Crippen LogP contribution in [0, 0.1) is 24.2 Å².